The summed E-state index contributed by atoms with van der Waals surface area (Å²) in [5, 5.41) is 15.3. The molecule has 0 amide bonds. The molecule has 1 aromatic rings. The number of ether oxygens (including phenoxy) is 1. The summed E-state index contributed by atoms with van der Waals surface area (Å²) in [6.45, 7) is 0. The van der Waals surface area contributed by atoms with Crippen LogP contribution in [-0.4, -0.2) is 24.7 Å². The van der Waals surface area contributed by atoms with E-state index in [1.165, 1.54) is 0 Å². The first-order chi connectivity index (χ1) is 8.43. The molecule has 0 aliphatic rings. The SMILES string of the molecule is NS(=O)(=O)c1c([N+](=O)[O-])ncc(OC(F)(F)F)c1I. The quantitative estimate of drug-likeness (QED) is 0.450. The number of nitrogens with two attached hydrogens (primary N) is 1. The van der Waals surface area contributed by atoms with E-state index in [4.69, 9.17) is 5.14 Å². The third kappa shape index (κ3) is 3.87. The maximum atomic E-state index is 12.0. The van der Waals surface area contributed by atoms with Gasteiger partial charge in [0.15, 0.2) is 16.8 Å². The van der Waals surface area contributed by atoms with Crippen molar-refractivity contribution in [1.29, 1.82) is 0 Å². The van der Waals surface area contributed by atoms with Crippen LogP contribution in [0.5, 0.6) is 5.75 Å². The third-order valence-corrected chi connectivity index (χ3v) is 4.00. The zero-order chi connectivity index (χ0) is 15.0. The van der Waals surface area contributed by atoms with Gasteiger partial charge < -0.3 is 14.9 Å². The normalized spacial score (nSPS) is 12.3. The summed E-state index contributed by atoms with van der Waals surface area (Å²) >= 11 is 1.14. The van der Waals surface area contributed by atoms with E-state index in [0.717, 1.165) is 22.6 Å². The van der Waals surface area contributed by atoms with E-state index in [1.807, 2.05) is 0 Å². The first kappa shape index (κ1) is 15.8. The summed E-state index contributed by atoms with van der Waals surface area (Å²) in [5.41, 5.74) is 0. The summed E-state index contributed by atoms with van der Waals surface area (Å²) in [7, 11) is -4.65. The van der Waals surface area contributed by atoms with Crippen LogP contribution in [0.2, 0.25) is 0 Å². The number of hydrogen-bond donors (Lipinski definition) is 1. The van der Waals surface area contributed by atoms with Gasteiger partial charge in [-0.05, 0) is 32.5 Å². The van der Waals surface area contributed by atoms with E-state index in [0.29, 0.717) is 6.20 Å². The molecule has 0 spiro atoms. The van der Waals surface area contributed by atoms with Gasteiger partial charge in [0, 0.05) is 0 Å². The summed E-state index contributed by atoms with van der Waals surface area (Å²) in [4.78, 5) is 11.3. The molecule has 1 heterocycles. The zero-order valence-electron chi connectivity index (χ0n) is 8.51. The van der Waals surface area contributed by atoms with E-state index in [1.54, 1.807) is 0 Å². The topological polar surface area (TPSA) is 125 Å². The fraction of sp³-hybridized carbons (Fsp3) is 0.167. The second-order valence-electron chi connectivity index (χ2n) is 2.94. The number of primary sulfonamides is 1. The largest absolute Gasteiger partial charge is 0.573 e. The van der Waals surface area contributed by atoms with Crippen LogP contribution in [0.4, 0.5) is 19.0 Å². The van der Waals surface area contributed by atoms with Gasteiger partial charge in [-0.25, -0.2) is 13.6 Å². The molecule has 0 radical (unpaired) electrons. The fourth-order valence-corrected chi connectivity index (χ4v) is 3.17. The minimum Gasteiger partial charge on any atom is -0.401 e. The number of nitro groups is 1. The van der Waals surface area contributed by atoms with Crippen molar-refractivity contribution in [1.82, 2.24) is 4.98 Å². The molecule has 8 nitrogen and oxygen atoms in total. The first-order valence-corrected chi connectivity index (χ1v) is 6.67. The monoisotopic (exact) mass is 413 g/mol. The fourth-order valence-electron chi connectivity index (χ4n) is 1.02. The van der Waals surface area contributed by atoms with Crippen LogP contribution in [0.1, 0.15) is 0 Å². The molecule has 0 aromatic carbocycles. The minimum absolute atomic E-state index is 0.391. The highest BCUT2D eigenvalue weighted by molar-refractivity contribution is 14.1. The second kappa shape index (κ2) is 5.04. The lowest BCUT2D eigenvalue weighted by Crippen LogP contribution is -2.21. The van der Waals surface area contributed by atoms with Crippen LogP contribution in [0.15, 0.2) is 11.1 Å². The Morgan fingerprint density at radius 1 is 1.47 bits per heavy atom. The lowest BCUT2D eigenvalue weighted by molar-refractivity contribution is -0.392. The Kier molecular flexibility index (Phi) is 4.20. The maximum absolute atomic E-state index is 12.0. The van der Waals surface area contributed by atoms with Crippen LogP contribution in [0.3, 0.4) is 0 Å². The molecule has 0 atom stereocenters. The molecule has 1 aromatic heterocycles. The summed E-state index contributed by atoms with van der Waals surface area (Å²) in [6, 6.07) is 0. The van der Waals surface area contributed by atoms with Gasteiger partial charge in [0.1, 0.15) is 0 Å². The molecule has 19 heavy (non-hydrogen) atoms. The van der Waals surface area contributed by atoms with Crippen LogP contribution < -0.4 is 9.88 Å². The van der Waals surface area contributed by atoms with Crippen molar-refractivity contribution in [3.63, 3.8) is 0 Å². The van der Waals surface area contributed by atoms with E-state index in [9.17, 15) is 31.7 Å². The van der Waals surface area contributed by atoms with Gasteiger partial charge in [0.2, 0.25) is 10.0 Å². The van der Waals surface area contributed by atoms with Crippen molar-refractivity contribution in [3.8, 4) is 5.75 Å². The number of rotatable bonds is 3. The Morgan fingerprint density at radius 2 is 2.00 bits per heavy atom. The average molecular weight is 413 g/mol. The second-order valence-corrected chi connectivity index (χ2v) is 5.52. The van der Waals surface area contributed by atoms with E-state index in [-0.39, 0.29) is 0 Å². The number of pyridine rings is 1. The van der Waals surface area contributed by atoms with Crippen molar-refractivity contribution < 1.29 is 31.2 Å². The Morgan fingerprint density at radius 3 is 2.37 bits per heavy atom. The number of halogens is 4. The standard InChI is InChI=1S/C6H3F3IN3O5S/c7-6(8,9)18-2-1-12-5(13(14)15)4(3(2)10)19(11,16)17/h1H,(H2,11,16,17). The first-order valence-electron chi connectivity index (χ1n) is 4.05. The number of aromatic nitrogens is 1. The lowest BCUT2D eigenvalue weighted by atomic mass is 10.4. The number of sulfonamides is 1. The van der Waals surface area contributed by atoms with Gasteiger partial charge in [-0.2, -0.15) is 0 Å². The summed E-state index contributed by atoms with van der Waals surface area (Å²) < 4.78 is 61.3. The van der Waals surface area contributed by atoms with Crippen LogP contribution in [0, 0.1) is 13.7 Å². The molecule has 106 valence electrons. The van der Waals surface area contributed by atoms with Crippen LogP contribution in [-0.2, 0) is 10.0 Å². The molecule has 2 N–H and O–H groups in total. The number of alkyl halides is 3. The lowest BCUT2D eigenvalue weighted by Gasteiger charge is -2.10. The minimum atomic E-state index is -5.10. The van der Waals surface area contributed by atoms with Crippen molar-refractivity contribution >= 4 is 38.4 Å². The Balaban J connectivity index is 3.56. The van der Waals surface area contributed by atoms with E-state index >= 15 is 0 Å². The van der Waals surface area contributed by atoms with Crippen molar-refractivity contribution in [2.24, 2.45) is 5.14 Å². The molecule has 1 rings (SSSR count). The van der Waals surface area contributed by atoms with Crippen molar-refractivity contribution in [3.05, 3.63) is 19.9 Å². The van der Waals surface area contributed by atoms with Gasteiger partial charge in [-0.15, -0.1) is 13.2 Å². The highest BCUT2D eigenvalue weighted by atomic mass is 127. The number of hydrogen-bond acceptors (Lipinski definition) is 6. The average Bonchev–Trinajstić information content (AvgIpc) is 2.16. The van der Waals surface area contributed by atoms with Crippen molar-refractivity contribution in [2.45, 2.75) is 11.3 Å². The summed E-state index contributed by atoms with van der Waals surface area (Å²) in [6.07, 6.45) is -4.71. The molecular weight excluding hydrogens is 410 g/mol. The van der Waals surface area contributed by atoms with E-state index in [2.05, 4.69) is 9.72 Å². The zero-order valence-corrected chi connectivity index (χ0v) is 11.5. The predicted molar refractivity (Wildman–Crippen MR) is 61.7 cm³/mol. The van der Waals surface area contributed by atoms with Gasteiger partial charge in [-0.3, -0.25) is 0 Å². The molecule has 0 saturated carbocycles. The Hall–Kier alpha value is -1.22. The predicted octanol–water partition coefficient (Wildman–Crippen LogP) is 1.14. The third-order valence-electron chi connectivity index (χ3n) is 1.61. The molecular formula is C6H3F3IN3O5S. The summed E-state index contributed by atoms with van der Waals surface area (Å²) in [5.74, 6) is -2.18. The molecule has 0 fully saturated rings. The van der Waals surface area contributed by atoms with Crippen LogP contribution >= 0.6 is 22.6 Å². The molecule has 0 aliphatic heterocycles. The molecule has 0 saturated heterocycles. The molecule has 0 unspecified atom stereocenters. The molecule has 13 heteroatoms. The highest BCUT2D eigenvalue weighted by Crippen LogP contribution is 2.34. The van der Waals surface area contributed by atoms with Gasteiger partial charge >= 0.3 is 12.2 Å². The Labute approximate surface area is 117 Å². The van der Waals surface area contributed by atoms with E-state index < -0.39 is 41.3 Å². The molecule has 0 bridgehead atoms. The van der Waals surface area contributed by atoms with Gasteiger partial charge in [0.05, 0.1) is 3.57 Å². The van der Waals surface area contributed by atoms with Crippen molar-refractivity contribution in [2.75, 3.05) is 0 Å². The van der Waals surface area contributed by atoms with Crippen LogP contribution in [0.25, 0.3) is 0 Å². The van der Waals surface area contributed by atoms with Gasteiger partial charge in [-0.1, -0.05) is 0 Å². The highest BCUT2D eigenvalue weighted by Gasteiger charge is 2.37. The number of nitrogens with zero attached hydrogens (tertiary/aromatic N) is 2. The van der Waals surface area contributed by atoms with Gasteiger partial charge in [0.25, 0.3) is 0 Å². The maximum Gasteiger partial charge on any atom is 0.573 e. The smallest absolute Gasteiger partial charge is 0.401 e. The Bertz CT molecular complexity index is 632. The molecule has 0 aliphatic carbocycles.